The smallest absolute Gasteiger partial charge is 0.317 e. The zero-order chi connectivity index (χ0) is 14.6. The third-order valence-electron chi connectivity index (χ3n) is 3.77. The lowest BCUT2D eigenvalue weighted by atomic mass is 9.93. The first kappa shape index (κ1) is 14.4. The maximum atomic E-state index is 12.2. The van der Waals surface area contributed by atoms with Crippen molar-refractivity contribution in [1.82, 2.24) is 10.2 Å². The molecule has 0 aromatic carbocycles. The number of hydrogen-bond donors (Lipinski definition) is 2. The number of carboxylic acids is 1. The van der Waals surface area contributed by atoms with Crippen molar-refractivity contribution in [1.29, 1.82) is 0 Å². The van der Waals surface area contributed by atoms with Gasteiger partial charge in [-0.3, -0.25) is 4.79 Å². The van der Waals surface area contributed by atoms with Crippen LogP contribution >= 0.6 is 0 Å². The topological polar surface area (TPSA) is 82.8 Å². The Morgan fingerprint density at radius 3 is 2.70 bits per heavy atom. The van der Waals surface area contributed by atoms with Crippen LogP contribution in [0.5, 0.6) is 0 Å². The highest BCUT2D eigenvalue weighted by Crippen LogP contribution is 2.32. The Labute approximate surface area is 117 Å². The van der Waals surface area contributed by atoms with Crippen LogP contribution in [0, 0.1) is 0 Å². The molecule has 20 heavy (non-hydrogen) atoms. The summed E-state index contributed by atoms with van der Waals surface area (Å²) in [7, 11) is 1.69. The van der Waals surface area contributed by atoms with Gasteiger partial charge in [-0.25, -0.2) is 4.79 Å². The number of carbonyl (C=O) groups is 2. The zero-order valence-electron chi connectivity index (χ0n) is 11.6. The van der Waals surface area contributed by atoms with E-state index < -0.39 is 11.5 Å². The molecule has 0 aliphatic heterocycles. The quantitative estimate of drug-likeness (QED) is 0.866. The van der Waals surface area contributed by atoms with Crippen molar-refractivity contribution in [2.24, 2.45) is 0 Å². The Morgan fingerprint density at radius 1 is 1.45 bits per heavy atom. The molecule has 0 atom stereocenters. The van der Waals surface area contributed by atoms with E-state index >= 15 is 0 Å². The lowest BCUT2D eigenvalue weighted by Crippen LogP contribution is -2.51. The van der Waals surface area contributed by atoms with Crippen LogP contribution in [0.2, 0.25) is 0 Å². The van der Waals surface area contributed by atoms with Crippen LogP contribution in [0.1, 0.15) is 37.7 Å². The second kappa shape index (κ2) is 5.98. The molecule has 1 fully saturated rings. The van der Waals surface area contributed by atoms with E-state index in [1.54, 1.807) is 25.6 Å². The first-order valence-corrected chi connectivity index (χ1v) is 6.77. The molecule has 1 saturated carbocycles. The third kappa shape index (κ3) is 3.53. The molecule has 1 aliphatic carbocycles. The van der Waals surface area contributed by atoms with E-state index in [0.717, 1.165) is 31.2 Å². The van der Waals surface area contributed by atoms with Gasteiger partial charge >= 0.3 is 12.0 Å². The van der Waals surface area contributed by atoms with E-state index in [1.165, 1.54) is 4.90 Å². The van der Waals surface area contributed by atoms with Crippen molar-refractivity contribution in [3.63, 3.8) is 0 Å². The molecule has 1 aliphatic rings. The highest BCUT2D eigenvalue weighted by molar-refractivity contribution is 5.76. The highest BCUT2D eigenvalue weighted by Gasteiger charge is 2.38. The summed E-state index contributed by atoms with van der Waals surface area (Å²) >= 11 is 0. The van der Waals surface area contributed by atoms with Gasteiger partial charge in [-0.2, -0.15) is 0 Å². The number of rotatable bonds is 5. The molecule has 1 aromatic heterocycles. The molecule has 0 unspecified atom stereocenters. The van der Waals surface area contributed by atoms with Gasteiger partial charge in [0, 0.05) is 12.6 Å². The van der Waals surface area contributed by atoms with Gasteiger partial charge in [-0.1, -0.05) is 12.8 Å². The standard InChI is InChI=1S/C14H20N2O4/c1-16(9-11-4-7-20-10-11)13(19)15-14(8-12(17)18)5-2-3-6-14/h4,7,10H,2-3,5-6,8-9H2,1H3,(H,15,19)(H,17,18). The molecule has 110 valence electrons. The number of nitrogens with one attached hydrogen (secondary N) is 1. The molecule has 1 heterocycles. The van der Waals surface area contributed by atoms with E-state index in [9.17, 15) is 9.59 Å². The fraction of sp³-hybridized carbons (Fsp3) is 0.571. The highest BCUT2D eigenvalue weighted by atomic mass is 16.4. The second-order valence-electron chi connectivity index (χ2n) is 5.48. The van der Waals surface area contributed by atoms with Gasteiger partial charge in [0.15, 0.2) is 0 Å². The van der Waals surface area contributed by atoms with Gasteiger partial charge in [0.2, 0.25) is 0 Å². The summed E-state index contributed by atoms with van der Waals surface area (Å²) in [6, 6.07) is 1.56. The first-order valence-electron chi connectivity index (χ1n) is 6.77. The van der Waals surface area contributed by atoms with E-state index in [0.29, 0.717) is 6.54 Å². The van der Waals surface area contributed by atoms with Crippen LogP contribution < -0.4 is 5.32 Å². The van der Waals surface area contributed by atoms with Crippen molar-refractivity contribution in [2.45, 2.75) is 44.2 Å². The van der Waals surface area contributed by atoms with E-state index in [4.69, 9.17) is 9.52 Å². The van der Waals surface area contributed by atoms with Crippen LogP contribution in [0.3, 0.4) is 0 Å². The maximum Gasteiger partial charge on any atom is 0.317 e. The van der Waals surface area contributed by atoms with Crippen LogP contribution in [0.15, 0.2) is 23.0 Å². The summed E-state index contributed by atoms with van der Waals surface area (Å²) in [5, 5.41) is 11.9. The molecule has 2 amide bonds. The molecular weight excluding hydrogens is 260 g/mol. The normalized spacial score (nSPS) is 16.9. The fourth-order valence-corrected chi connectivity index (χ4v) is 2.74. The number of furan rings is 1. The summed E-state index contributed by atoms with van der Waals surface area (Å²) in [6.45, 7) is 0.436. The number of nitrogens with zero attached hydrogens (tertiary/aromatic N) is 1. The predicted octanol–water partition coefficient (Wildman–Crippen LogP) is 2.21. The minimum atomic E-state index is -0.871. The number of hydrogen-bond acceptors (Lipinski definition) is 3. The largest absolute Gasteiger partial charge is 0.481 e. The molecule has 1 aromatic rings. The van der Waals surface area contributed by atoms with Gasteiger partial charge in [0.1, 0.15) is 0 Å². The molecule has 6 heteroatoms. The summed E-state index contributed by atoms with van der Waals surface area (Å²) in [5.74, 6) is -0.871. The Kier molecular flexibility index (Phi) is 4.32. The maximum absolute atomic E-state index is 12.2. The van der Waals surface area contributed by atoms with Crippen LogP contribution in [0.25, 0.3) is 0 Å². The summed E-state index contributed by atoms with van der Waals surface area (Å²) in [5.41, 5.74) is 0.314. The van der Waals surface area contributed by atoms with Crippen molar-refractivity contribution in [3.8, 4) is 0 Å². The SMILES string of the molecule is CN(Cc1ccoc1)C(=O)NC1(CC(=O)O)CCCC1. The molecule has 0 spiro atoms. The van der Waals surface area contributed by atoms with Gasteiger partial charge in [-0.15, -0.1) is 0 Å². The van der Waals surface area contributed by atoms with Crippen molar-refractivity contribution in [2.75, 3.05) is 7.05 Å². The number of carbonyl (C=O) groups excluding carboxylic acids is 1. The monoisotopic (exact) mass is 280 g/mol. The molecule has 0 radical (unpaired) electrons. The molecule has 0 bridgehead atoms. The lowest BCUT2D eigenvalue weighted by Gasteiger charge is -2.31. The minimum Gasteiger partial charge on any atom is -0.481 e. The van der Waals surface area contributed by atoms with Crippen LogP contribution in [-0.4, -0.2) is 34.6 Å². The lowest BCUT2D eigenvalue weighted by molar-refractivity contribution is -0.138. The first-order chi connectivity index (χ1) is 9.51. The van der Waals surface area contributed by atoms with Gasteiger partial charge < -0.3 is 19.7 Å². The summed E-state index contributed by atoms with van der Waals surface area (Å²) in [4.78, 5) is 24.7. The molecule has 6 nitrogen and oxygen atoms in total. The summed E-state index contributed by atoms with van der Waals surface area (Å²) in [6.07, 6.45) is 6.50. The third-order valence-corrected chi connectivity index (χ3v) is 3.77. The van der Waals surface area contributed by atoms with Crippen molar-refractivity contribution >= 4 is 12.0 Å². The Hall–Kier alpha value is -1.98. The van der Waals surface area contributed by atoms with Gasteiger partial charge in [0.05, 0.1) is 31.0 Å². The zero-order valence-corrected chi connectivity index (χ0v) is 11.6. The average Bonchev–Trinajstić information content (AvgIpc) is 3.00. The molecule has 2 rings (SSSR count). The van der Waals surface area contributed by atoms with E-state index in [-0.39, 0.29) is 12.5 Å². The molecular formula is C14H20N2O4. The van der Waals surface area contributed by atoms with Crippen molar-refractivity contribution in [3.05, 3.63) is 24.2 Å². The van der Waals surface area contributed by atoms with Crippen molar-refractivity contribution < 1.29 is 19.1 Å². The average molecular weight is 280 g/mol. The predicted molar refractivity (Wildman–Crippen MR) is 72.2 cm³/mol. The molecule has 2 N–H and O–H groups in total. The molecule has 0 saturated heterocycles. The second-order valence-corrected chi connectivity index (χ2v) is 5.48. The van der Waals surface area contributed by atoms with E-state index in [1.807, 2.05) is 0 Å². The van der Waals surface area contributed by atoms with Crippen LogP contribution in [-0.2, 0) is 11.3 Å². The minimum absolute atomic E-state index is 0.0156. The Balaban J connectivity index is 1.95. The number of aliphatic carboxylic acids is 1. The van der Waals surface area contributed by atoms with Crippen LogP contribution in [0.4, 0.5) is 4.79 Å². The Morgan fingerprint density at radius 2 is 2.15 bits per heavy atom. The summed E-state index contributed by atoms with van der Waals surface area (Å²) < 4.78 is 4.96. The number of carboxylic acid groups (broad SMARTS) is 1. The Bertz CT molecular complexity index is 464. The van der Waals surface area contributed by atoms with Gasteiger partial charge in [0.25, 0.3) is 0 Å². The van der Waals surface area contributed by atoms with E-state index in [2.05, 4.69) is 5.32 Å². The number of urea groups is 1. The van der Waals surface area contributed by atoms with Gasteiger partial charge in [-0.05, 0) is 18.9 Å². The fourth-order valence-electron chi connectivity index (χ4n) is 2.74. The number of amides is 2.